The molecule has 0 saturated heterocycles. The van der Waals surface area contributed by atoms with Gasteiger partial charge in [0, 0.05) is 5.35 Å². The third-order valence-corrected chi connectivity index (χ3v) is 2.90. The highest BCUT2D eigenvalue weighted by atomic mass is 16.4. The summed E-state index contributed by atoms with van der Waals surface area (Å²) in [5, 5.41) is 19.5. The number of benzene rings is 1. The van der Waals surface area contributed by atoms with Crippen molar-refractivity contribution in [3.63, 3.8) is 0 Å². The van der Waals surface area contributed by atoms with E-state index in [0.717, 1.165) is 0 Å². The number of carbonyl (C=O) groups excluding carboxylic acids is 1. The number of carboxylic acid groups (broad SMARTS) is 1. The summed E-state index contributed by atoms with van der Waals surface area (Å²) in [5.41, 5.74) is 1.04. The maximum Gasteiger partial charge on any atom is 0.335 e. The molecule has 0 saturated carbocycles. The molecule has 2 aromatic rings. The summed E-state index contributed by atoms with van der Waals surface area (Å²) in [5.74, 6) is -1.42. The van der Waals surface area contributed by atoms with Crippen molar-refractivity contribution in [2.45, 2.75) is 6.92 Å². The van der Waals surface area contributed by atoms with Crippen LogP contribution in [0.2, 0.25) is 0 Å². The molecule has 0 aliphatic heterocycles. The standard InChI is InChI=1S/C15H13NO4/c1-8-13(9(2)17)14(18)12(16-8)7-10-3-5-11(6-4-10)15(19)20/h3-7,16,18H,1H2,2H3,(H,19,20)/b12-7+. The minimum Gasteiger partial charge on any atom is -0.505 e. The van der Waals surface area contributed by atoms with E-state index in [0.29, 0.717) is 16.3 Å². The molecule has 5 heteroatoms. The molecule has 0 spiro atoms. The quantitative estimate of drug-likeness (QED) is 0.722. The summed E-state index contributed by atoms with van der Waals surface area (Å²) in [4.78, 5) is 24.9. The molecule has 3 N–H and O–H groups in total. The van der Waals surface area contributed by atoms with Gasteiger partial charge in [-0.25, -0.2) is 4.79 Å². The normalized spacial score (nSPS) is 11.6. The van der Waals surface area contributed by atoms with E-state index in [9.17, 15) is 14.7 Å². The monoisotopic (exact) mass is 271 g/mol. The minimum atomic E-state index is -1.00. The Kier molecular flexibility index (Phi) is 3.43. The third-order valence-electron chi connectivity index (χ3n) is 2.90. The van der Waals surface area contributed by atoms with Gasteiger partial charge in [-0.3, -0.25) is 4.79 Å². The van der Waals surface area contributed by atoms with Gasteiger partial charge in [0.15, 0.2) is 11.5 Å². The molecule has 0 amide bonds. The Morgan fingerprint density at radius 1 is 1.25 bits per heavy atom. The molecule has 0 atom stereocenters. The smallest absolute Gasteiger partial charge is 0.335 e. The lowest BCUT2D eigenvalue weighted by Crippen LogP contribution is -2.11. The summed E-state index contributed by atoms with van der Waals surface area (Å²) in [6.45, 7) is 5.02. The Morgan fingerprint density at radius 2 is 1.85 bits per heavy atom. The van der Waals surface area contributed by atoms with E-state index >= 15 is 0 Å². The molecule has 0 unspecified atom stereocenters. The SMILES string of the molecule is C=c1[nH]/c(=C/c2ccc(C(=O)O)cc2)c(O)c1C(C)=O. The Bertz CT molecular complexity index is 785. The second-order valence-electron chi connectivity index (χ2n) is 4.37. The molecule has 2 rings (SSSR count). The van der Waals surface area contributed by atoms with Crippen molar-refractivity contribution < 1.29 is 19.8 Å². The largest absolute Gasteiger partial charge is 0.505 e. The molecule has 102 valence electrons. The molecule has 1 heterocycles. The average Bonchev–Trinajstić information content (AvgIpc) is 2.65. The van der Waals surface area contributed by atoms with Gasteiger partial charge in [-0.2, -0.15) is 0 Å². The molecule has 1 aromatic carbocycles. The van der Waals surface area contributed by atoms with Crippen LogP contribution in [0.5, 0.6) is 5.75 Å². The summed E-state index contributed by atoms with van der Waals surface area (Å²) in [7, 11) is 0. The number of aromatic hydroxyl groups is 1. The van der Waals surface area contributed by atoms with Gasteiger partial charge in [-0.1, -0.05) is 18.7 Å². The molecule has 5 nitrogen and oxygen atoms in total. The molecular formula is C15H13NO4. The van der Waals surface area contributed by atoms with Gasteiger partial charge < -0.3 is 15.2 Å². The van der Waals surface area contributed by atoms with Gasteiger partial charge in [0.1, 0.15) is 0 Å². The topological polar surface area (TPSA) is 90.4 Å². The number of carbonyl (C=O) groups is 2. The lowest BCUT2D eigenvalue weighted by molar-refractivity contribution is 0.0696. The van der Waals surface area contributed by atoms with E-state index in [4.69, 9.17) is 5.11 Å². The second kappa shape index (κ2) is 5.05. The van der Waals surface area contributed by atoms with Crippen LogP contribution in [-0.2, 0) is 0 Å². The van der Waals surface area contributed by atoms with E-state index in [-0.39, 0.29) is 22.7 Å². The number of rotatable bonds is 3. The fourth-order valence-corrected chi connectivity index (χ4v) is 1.93. The molecule has 0 aliphatic carbocycles. The van der Waals surface area contributed by atoms with Crippen LogP contribution in [0, 0.1) is 0 Å². The van der Waals surface area contributed by atoms with Gasteiger partial charge in [-0.05, 0) is 30.7 Å². The van der Waals surface area contributed by atoms with Gasteiger partial charge >= 0.3 is 5.97 Å². The van der Waals surface area contributed by atoms with Gasteiger partial charge in [0.2, 0.25) is 0 Å². The highest BCUT2D eigenvalue weighted by molar-refractivity contribution is 5.97. The Morgan fingerprint density at radius 3 is 2.30 bits per heavy atom. The predicted octanol–water partition coefficient (Wildman–Crippen LogP) is 0.860. The van der Waals surface area contributed by atoms with E-state index in [1.165, 1.54) is 19.1 Å². The van der Waals surface area contributed by atoms with Crippen molar-refractivity contribution in [1.82, 2.24) is 4.98 Å². The summed E-state index contributed by atoms with van der Waals surface area (Å²) < 4.78 is 0. The zero-order valence-corrected chi connectivity index (χ0v) is 10.8. The van der Waals surface area contributed by atoms with Crippen molar-refractivity contribution >= 4 is 24.4 Å². The first-order valence-corrected chi connectivity index (χ1v) is 5.86. The fourth-order valence-electron chi connectivity index (χ4n) is 1.93. The molecule has 0 fully saturated rings. The zero-order chi connectivity index (χ0) is 14.9. The number of aromatic amines is 1. The van der Waals surface area contributed by atoms with Crippen LogP contribution in [-0.4, -0.2) is 26.9 Å². The number of aromatic nitrogens is 1. The van der Waals surface area contributed by atoms with Gasteiger partial charge in [0.05, 0.1) is 16.5 Å². The first-order valence-electron chi connectivity index (χ1n) is 5.86. The van der Waals surface area contributed by atoms with Gasteiger partial charge in [0.25, 0.3) is 0 Å². The summed E-state index contributed by atoms with van der Waals surface area (Å²) in [6.07, 6.45) is 1.61. The summed E-state index contributed by atoms with van der Waals surface area (Å²) >= 11 is 0. The molecule has 0 aliphatic rings. The van der Waals surface area contributed by atoms with Crippen molar-refractivity contribution in [3.05, 3.63) is 51.7 Å². The fraction of sp³-hybridized carbons (Fsp3) is 0.0667. The van der Waals surface area contributed by atoms with Crippen LogP contribution < -0.4 is 10.7 Å². The maximum atomic E-state index is 11.4. The molecule has 20 heavy (non-hydrogen) atoms. The van der Waals surface area contributed by atoms with Crippen LogP contribution in [0.1, 0.15) is 33.2 Å². The third kappa shape index (κ3) is 2.47. The van der Waals surface area contributed by atoms with Crippen molar-refractivity contribution in [3.8, 4) is 5.75 Å². The minimum absolute atomic E-state index is 0.148. The van der Waals surface area contributed by atoms with Gasteiger partial charge in [-0.15, -0.1) is 0 Å². The van der Waals surface area contributed by atoms with Crippen molar-refractivity contribution in [1.29, 1.82) is 0 Å². The number of hydrogen-bond donors (Lipinski definition) is 3. The van der Waals surface area contributed by atoms with Crippen LogP contribution in [0.15, 0.2) is 24.3 Å². The highest BCUT2D eigenvalue weighted by Crippen LogP contribution is 2.09. The van der Waals surface area contributed by atoms with Crippen molar-refractivity contribution in [2.75, 3.05) is 0 Å². The van der Waals surface area contributed by atoms with Crippen LogP contribution in [0.25, 0.3) is 12.7 Å². The van der Waals surface area contributed by atoms with Crippen molar-refractivity contribution in [2.24, 2.45) is 0 Å². The Hall–Kier alpha value is -2.82. The molecule has 1 aromatic heterocycles. The molecule has 0 radical (unpaired) electrons. The molecule has 0 bridgehead atoms. The second-order valence-corrected chi connectivity index (χ2v) is 4.37. The number of carboxylic acids is 1. The first kappa shape index (κ1) is 13.6. The van der Waals surface area contributed by atoms with E-state index in [2.05, 4.69) is 11.6 Å². The maximum absolute atomic E-state index is 11.4. The number of ketones is 1. The summed E-state index contributed by atoms with van der Waals surface area (Å²) in [6, 6.07) is 6.15. The van der Waals surface area contributed by atoms with Crippen LogP contribution in [0.3, 0.4) is 0 Å². The average molecular weight is 271 g/mol. The molecular weight excluding hydrogens is 258 g/mol. The van der Waals surface area contributed by atoms with E-state index in [1.54, 1.807) is 18.2 Å². The predicted molar refractivity (Wildman–Crippen MR) is 74.2 cm³/mol. The first-order chi connectivity index (χ1) is 9.40. The number of Topliss-reactive ketones (excluding diaryl/α,β-unsaturated/α-hetero) is 1. The zero-order valence-electron chi connectivity index (χ0n) is 10.8. The van der Waals surface area contributed by atoms with E-state index < -0.39 is 5.97 Å². The van der Waals surface area contributed by atoms with Crippen LogP contribution in [0.4, 0.5) is 0 Å². The van der Waals surface area contributed by atoms with E-state index in [1.807, 2.05) is 0 Å². The highest BCUT2D eigenvalue weighted by Gasteiger charge is 2.11. The number of H-pyrrole nitrogens is 1. The number of hydrogen-bond acceptors (Lipinski definition) is 3. The lowest BCUT2D eigenvalue weighted by atomic mass is 10.1. The lowest BCUT2D eigenvalue weighted by Gasteiger charge is -1.95. The Labute approximate surface area is 114 Å². The Balaban J connectivity index is 2.51. The number of aromatic carboxylic acids is 1. The van der Waals surface area contributed by atoms with Crippen LogP contribution >= 0.6 is 0 Å². The number of nitrogens with one attached hydrogen (secondary N) is 1.